The molecule has 2 amide bonds. The minimum absolute atomic E-state index is 0.0395. The summed E-state index contributed by atoms with van der Waals surface area (Å²) in [6.07, 6.45) is 3.49. The number of pyridine rings is 1. The normalized spacial score (nSPS) is 12.9. The Morgan fingerprint density at radius 1 is 1.13 bits per heavy atom. The number of aromatic nitrogens is 1. The minimum atomic E-state index is -0.207. The average Bonchev–Trinajstić information content (AvgIpc) is 2.75. The summed E-state index contributed by atoms with van der Waals surface area (Å²) in [5, 5.41) is 3.64. The van der Waals surface area contributed by atoms with Gasteiger partial charge in [0.2, 0.25) is 5.91 Å². The van der Waals surface area contributed by atoms with Crippen LogP contribution in [-0.4, -0.2) is 23.3 Å². The second-order valence-electron chi connectivity index (χ2n) is 6.98. The highest BCUT2D eigenvalue weighted by atomic mass is 79.9. The highest BCUT2D eigenvalue weighted by molar-refractivity contribution is 9.10. The SMILES string of the molecule is CC(=O)N1CCCc2cc(NC(=O)c3cccnc3Sc3ccc(Br)cc3)ccc21. The van der Waals surface area contributed by atoms with Gasteiger partial charge in [-0.05, 0) is 73.0 Å². The third kappa shape index (κ3) is 4.57. The van der Waals surface area contributed by atoms with Crippen molar-refractivity contribution in [2.45, 2.75) is 29.7 Å². The lowest BCUT2D eigenvalue weighted by Crippen LogP contribution is -2.33. The second kappa shape index (κ2) is 9.02. The van der Waals surface area contributed by atoms with Crippen LogP contribution in [-0.2, 0) is 11.2 Å². The number of carbonyl (C=O) groups is 2. The molecule has 1 N–H and O–H groups in total. The number of carbonyl (C=O) groups excluding carboxylic acids is 2. The van der Waals surface area contributed by atoms with Crippen molar-refractivity contribution in [3.63, 3.8) is 0 Å². The molecule has 3 aromatic rings. The molecule has 1 aromatic heterocycles. The molecule has 0 saturated heterocycles. The number of amides is 2. The van der Waals surface area contributed by atoms with Crippen LogP contribution in [0, 0.1) is 0 Å². The maximum Gasteiger partial charge on any atom is 0.258 e. The monoisotopic (exact) mass is 481 g/mol. The van der Waals surface area contributed by atoms with Gasteiger partial charge in [-0.25, -0.2) is 4.98 Å². The number of rotatable bonds is 4. The molecule has 0 spiro atoms. The Hall–Kier alpha value is -2.64. The number of anilines is 2. The highest BCUT2D eigenvalue weighted by Crippen LogP contribution is 2.32. The molecule has 0 unspecified atom stereocenters. The molecule has 1 aliphatic heterocycles. The molecule has 0 fully saturated rings. The first kappa shape index (κ1) is 20.6. The number of nitrogens with one attached hydrogen (secondary N) is 1. The van der Waals surface area contributed by atoms with E-state index in [2.05, 4.69) is 26.2 Å². The third-order valence-electron chi connectivity index (χ3n) is 4.88. The van der Waals surface area contributed by atoms with Gasteiger partial charge in [0.1, 0.15) is 5.03 Å². The highest BCUT2D eigenvalue weighted by Gasteiger charge is 2.21. The number of fused-ring (bicyclic) bond motifs is 1. The van der Waals surface area contributed by atoms with Crippen LogP contribution in [0.3, 0.4) is 0 Å². The van der Waals surface area contributed by atoms with Crippen molar-refractivity contribution in [1.82, 2.24) is 4.98 Å². The van der Waals surface area contributed by atoms with Crippen molar-refractivity contribution in [3.8, 4) is 0 Å². The van der Waals surface area contributed by atoms with Gasteiger partial charge in [-0.15, -0.1) is 0 Å². The van der Waals surface area contributed by atoms with Gasteiger partial charge in [0.05, 0.1) is 5.56 Å². The van der Waals surface area contributed by atoms with Crippen LogP contribution >= 0.6 is 27.7 Å². The van der Waals surface area contributed by atoms with Crippen LogP contribution in [0.25, 0.3) is 0 Å². The molecule has 0 bridgehead atoms. The van der Waals surface area contributed by atoms with Crippen molar-refractivity contribution in [1.29, 1.82) is 0 Å². The minimum Gasteiger partial charge on any atom is -0.322 e. The van der Waals surface area contributed by atoms with Crippen LogP contribution in [0.15, 0.2) is 75.2 Å². The fourth-order valence-corrected chi connectivity index (χ4v) is 4.60. The molecule has 0 saturated carbocycles. The molecular weight excluding hydrogens is 462 g/mol. The van der Waals surface area contributed by atoms with E-state index in [4.69, 9.17) is 0 Å². The van der Waals surface area contributed by atoms with Gasteiger partial charge in [0.15, 0.2) is 0 Å². The maximum atomic E-state index is 13.0. The van der Waals surface area contributed by atoms with E-state index in [0.29, 0.717) is 16.3 Å². The van der Waals surface area contributed by atoms with E-state index in [1.54, 1.807) is 30.2 Å². The van der Waals surface area contributed by atoms with E-state index in [1.165, 1.54) is 11.8 Å². The van der Waals surface area contributed by atoms with Crippen molar-refractivity contribution in [2.24, 2.45) is 0 Å². The van der Waals surface area contributed by atoms with E-state index in [0.717, 1.165) is 40.0 Å². The van der Waals surface area contributed by atoms with Crippen molar-refractivity contribution in [3.05, 3.63) is 76.4 Å². The molecule has 2 heterocycles. The van der Waals surface area contributed by atoms with E-state index in [1.807, 2.05) is 42.5 Å². The first-order valence-corrected chi connectivity index (χ1v) is 11.2. The first-order valence-electron chi connectivity index (χ1n) is 9.62. The second-order valence-corrected chi connectivity index (χ2v) is 8.96. The topological polar surface area (TPSA) is 62.3 Å². The van der Waals surface area contributed by atoms with E-state index < -0.39 is 0 Å². The van der Waals surface area contributed by atoms with Gasteiger partial charge in [0.25, 0.3) is 5.91 Å². The molecule has 1 aliphatic rings. The molecule has 7 heteroatoms. The zero-order valence-corrected chi connectivity index (χ0v) is 18.8. The van der Waals surface area contributed by atoms with Crippen molar-refractivity contribution >= 4 is 50.9 Å². The Balaban J connectivity index is 1.55. The molecule has 5 nitrogen and oxygen atoms in total. The van der Waals surface area contributed by atoms with Crippen LogP contribution in [0.1, 0.15) is 29.3 Å². The molecule has 0 atom stereocenters. The Kier molecular flexibility index (Phi) is 6.20. The number of aryl methyl sites for hydroxylation is 1. The van der Waals surface area contributed by atoms with Gasteiger partial charge in [-0.2, -0.15) is 0 Å². The lowest BCUT2D eigenvalue weighted by Gasteiger charge is -2.29. The van der Waals surface area contributed by atoms with Crippen LogP contribution in [0.5, 0.6) is 0 Å². The predicted octanol–water partition coefficient (Wildman–Crippen LogP) is 5.55. The lowest BCUT2D eigenvalue weighted by molar-refractivity contribution is -0.116. The summed E-state index contributed by atoms with van der Waals surface area (Å²) in [7, 11) is 0. The Morgan fingerprint density at radius 3 is 2.70 bits per heavy atom. The summed E-state index contributed by atoms with van der Waals surface area (Å²) in [5.74, 6) is -0.167. The molecule has 4 rings (SSSR count). The molecule has 2 aromatic carbocycles. The summed E-state index contributed by atoms with van der Waals surface area (Å²) >= 11 is 4.88. The van der Waals surface area contributed by atoms with Gasteiger partial charge in [0, 0.05) is 40.4 Å². The fraction of sp³-hybridized carbons (Fsp3) is 0.174. The smallest absolute Gasteiger partial charge is 0.258 e. The molecule has 0 aliphatic carbocycles. The van der Waals surface area contributed by atoms with Crippen LogP contribution in [0.2, 0.25) is 0 Å². The Morgan fingerprint density at radius 2 is 1.93 bits per heavy atom. The quantitative estimate of drug-likeness (QED) is 0.530. The largest absolute Gasteiger partial charge is 0.322 e. The molecular formula is C23H20BrN3O2S. The number of halogens is 1. The van der Waals surface area contributed by atoms with Gasteiger partial charge >= 0.3 is 0 Å². The molecule has 30 heavy (non-hydrogen) atoms. The summed E-state index contributed by atoms with van der Waals surface area (Å²) < 4.78 is 1.00. The number of nitrogens with zero attached hydrogens (tertiary/aromatic N) is 2. The summed E-state index contributed by atoms with van der Waals surface area (Å²) in [4.78, 5) is 32.0. The number of hydrogen-bond donors (Lipinski definition) is 1. The first-order chi connectivity index (χ1) is 14.5. The van der Waals surface area contributed by atoms with Gasteiger partial charge in [-0.1, -0.05) is 27.7 Å². The predicted molar refractivity (Wildman–Crippen MR) is 123 cm³/mol. The van der Waals surface area contributed by atoms with E-state index in [9.17, 15) is 9.59 Å². The maximum absolute atomic E-state index is 13.0. The third-order valence-corrected chi connectivity index (χ3v) is 6.44. The Bertz CT molecular complexity index is 1100. The fourth-order valence-electron chi connectivity index (χ4n) is 3.46. The molecule has 152 valence electrons. The van der Waals surface area contributed by atoms with Gasteiger partial charge in [-0.3, -0.25) is 9.59 Å². The number of benzene rings is 2. The zero-order chi connectivity index (χ0) is 21.1. The zero-order valence-electron chi connectivity index (χ0n) is 16.4. The van der Waals surface area contributed by atoms with Crippen molar-refractivity contribution < 1.29 is 9.59 Å². The Labute approximate surface area is 188 Å². The standard InChI is InChI=1S/C23H20BrN3O2S/c1-15(28)27-13-3-4-16-14-18(8-11-21(16)27)26-22(29)20-5-2-12-25-23(20)30-19-9-6-17(24)7-10-19/h2,5-12,14H,3-4,13H2,1H3,(H,26,29). The van der Waals surface area contributed by atoms with Crippen molar-refractivity contribution in [2.75, 3.05) is 16.8 Å². The van der Waals surface area contributed by atoms with Crippen LogP contribution in [0.4, 0.5) is 11.4 Å². The molecule has 0 radical (unpaired) electrons. The summed E-state index contributed by atoms with van der Waals surface area (Å²) in [6, 6.07) is 17.1. The van der Waals surface area contributed by atoms with Gasteiger partial charge < -0.3 is 10.2 Å². The summed E-state index contributed by atoms with van der Waals surface area (Å²) in [6.45, 7) is 2.32. The average molecular weight is 482 g/mol. The summed E-state index contributed by atoms with van der Waals surface area (Å²) in [5.41, 5.74) is 3.24. The number of hydrogen-bond acceptors (Lipinski definition) is 4. The van der Waals surface area contributed by atoms with E-state index >= 15 is 0 Å². The van der Waals surface area contributed by atoms with Crippen LogP contribution < -0.4 is 10.2 Å². The van der Waals surface area contributed by atoms with E-state index in [-0.39, 0.29) is 11.8 Å². The lowest BCUT2D eigenvalue weighted by atomic mass is 10.0.